The number of nitrogens with zero attached hydrogens (tertiary/aromatic N) is 2. The van der Waals surface area contributed by atoms with E-state index in [0.717, 1.165) is 0 Å². The molecule has 0 atom stereocenters. The summed E-state index contributed by atoms with van der Waals surface area (Å²) in [6, 6.07) is 1.84. The van der Waals surface area contributed by atoms with E-state index in [4.69, 9.17) is 5.26 Å². The predicted octanol–water partition coefficient (Wildman–Crippen LogP) is -0.281. The van der Waals surface area contributed by atoms with E-state index in [1.54, 1.807) is 13.8 Å². The van der Waals surface area contributed by atoms with Gasteiger partial charge in [-0.25, -0.2) is 0 Å². The Bertz CT molecular complexity index is 240. The Morgan fingerprint density at radius 1 is 1.60 bits per heavy atom. The largest absolute Gasteiger partial charge is 0.389 e. The molecule has 0 radical (unpaired) electrons. The highest BCUT2D eigenvalue weighted by Crippen LogP contribution is 2.03. The molecule has 5 heteroatoms. The highest BCUT2D eigenvalue weighted by molar-refractivity contribution is 5.78. The summed E-state index contributed by atoms with van der Waals surface area (Å²) < 4.78 is 0. The van der Waals surface area contributed by atoms with Crippen molar-refractivity contribution in [1.29, 1.82) is 5.26 Å². The van der Waals surface area contributed by atoms with Gasteiger partial charge in [0.2, 0.25) is 5.91 Å². The number of carbonyl (C=O) groups is 1. The first-order valence-electron chi connectivity index (χ1n) is 4.97. The van der Waals surface area contributed by atoms with E-state index in [9.17, 15) is 9.90 Å². The zero-order valence-electron chi connectivity index (χ0n) is 9.58. The van der Waals surface area contributed by atoms with Gasteiger partial charge in [0.05, 0.1) is 18.2 Å². The van der Waals surface area contributed by atoms with Crippen LogP contribution in [0.15, 0.2) is 0 Å². The Morgan fingerprint density at radius 3 is 2.60 bits per heavy atom. The van der Waals surface area contributed by atoms with Gasteiger partial charge in [0.25, 0.3) is 0 Å². The van der Waals surface area contributed by atoms with Gasteiger partial charge in [0.15, 0.2) is 0 Å². The van der Waals surface area contributed by atoms with Crippen LogP contribution in [-0.4, -0.2) is 47.7 Å². The average molecular weight is 213 g/mol. The number of nitriles is 1. The predicted molar refractivity (Wildman–Crippen MR) is 57.0 cm³/mol. The fraction of sp³-hybridized carbons (Fsp3) is 0.800. The molecule has 0 aliphatic rings. The zero-order valence-corrected chi connectivity index (χ0v) is 9.58. The van der Waals surface area contributed by atoms with E-state index < -0.39 is 5.60 Å². The highest BCUT2D eigenvalue weighted by Gasteiger charge is 2.18. The molecule has 0 spiro atoms. The van der Waals surface area contributed by atoms with E-state index in [0.29, 0.717) is 13.1 Å². The molecule has 15 heavy (non-hydrogen) atoms. The number of carbonyl (C=O) groups excluding carboxylic acids is 1. The third-order valence-electron chi connectivity index (χ3n) is 1.79. The molecule has 5 nitrogen and oxygen atoms in total. The molecule has 0 aromatic rings. The molecule has 0 bridgehead atoms. The Morgan fingerprint density at radius 2 is 2.20 bits per heavy atom. The minimum Gasteiger partial charge on any atom is -0.389 e. The first kappa shape index (κ1) is 13.9. The number of amides is 1. The third-order valence-corrected chi connectivity index (χ3v) is 1.79. The van der Waals surface area contributed by atoms with Crippen molar-refractivity contribution in [3.8, 4) is 6.07 Å². The lowest BCUT2D eigenvalue weighted by Crippen LogP contribution is -2.44. The Kier molecular flexibility index (Phi) is 5.90. The monoisotopic (exact) mass is 213 g/mol. The van der Waals surface area contributed by atoms with Crippen molar-refractivity contribution >= 4 is 5.91 Å². The van der Waals surface area contributed by atoms with Gasteiger partial charge in [-0.05, 0) is 20.4 Å². The molecule has 0 heterocycles. The summed E-state index contributed by atoms with van der Waals surface area (Å²) in [5.74, 6) is -0.192. The quantitative estimate of drug-likeness (QED) is 0.595. The highest BCUT2D eigenvalue weighted by atomic mass is 16.3. The van der Waals surface area contributed by atoms with Gasteiger partial charge in [-0.1, -0.05) is 6.92 Å². The van der Waals surface area contributed by atoms with E-state index in [1.807, 2.05) is 17.9 Å². The van der Waals surface area contributed by atoms with Crippen molar-refractivity contribution in [1.82, 2.24) is 10.2 Å². The summed E-state index contributed by atoms with van der Waals surface area (Å²) in [7, 11) is 0. The number of rotatable bonds is 6. The summed E-state index contributed by atoms with van der Waals surface area (Å²) in [5.41, 5.74) is -0.814. The maximum Gasteiger partial charge on any atom is 0.235 e. The van der Waals surface area contributed by atoms with Crippen LogP contribution in [0.2, 0.25) is 0 Å². The second-order valence-corrected chi connectivity index (χ2v) is 4.05. The van der Waals surface area contributed by atoms with Crippen LogP contribution in [0.4, 0.5) is 0 Å². The van der Waals surface area contributed by atoms with E-state index in [2.05, 4.69) is 5.32 Å². The van der Waals surface area contributed by atoms with Gasteiger partial charge in [0, 0.05) is 6.54 Å². The van der Waals surface area contributed by atoms with E-state index in [1.165, 1.54) is 0 Å². The fourth-order valence-electron chi connectivity index (χ4n) is 1.22. The van der Waals surface area contributed by atoms with Crippen LogP contribution in [0.25, 0.3) is 0 Å². The number of likely N-dealkylation sites (N-methyl/N-ethyl adjacent to an activating group) is 1. The number of hydrogen-bond donors (Lipinski definition) is 2. The molecule has 0 saturated heterocycles. The van der Waals surface area contributed by atoms with Crippen LogP contribution in [0.5, 0.6) is 0 Å². The SMILES string of the molecule is CCN(CC(=O)NCC#N)CC(C)(C)O. The smallest absolute Gasteiger partial charge is 0.235 e. The number of aliphatic hydroxyl groups is 1. The first-order chi connectivity index (χ1) is 6.89. The molecule has 0 aromatic heterocycles. The zero-order chi connectivity index (χ0) is 11.9. The van der Waals surface area contributed by atoms with Crippen LogP contribution in [0.3, 0.4) is 0 Å². The van der Waals surface area contributed by atoms with Crippen LogP contribution < -0.4 is 5.32 Å². The molecule has 0 aliphatic heterocycles. The molecule has 86 valence electrons. The fourth-order valence-corrected chi connectivity index (χ4v) is 1.22. The van der Waals surface area contributed by atoms with Gasteiger partial charge in [-0.15, -0.1) is 0 Å². The third kappa shape index (κ3) is 7.91. The molecular formula is C10H19N3O2. The Hall–Kier alpha value is -1.12. The molecule has 0 fully saturated rings. The van der Waals surface area contributed by atoms with Gasteiger partial charge in [-0.2, -0.15) is 5.26 Å². The molecule has 2 N–H and O–H groups in total. The van der Waals surface area contributed by atoms with Crippen LogP contribution in [-0.2, 0) is 4.79 Å². The van der Waals surface area contributed by atoms with Crippen LogP contribution in [0.1, 0.15) is 20.8 Å². The average Bonchev–Trinajstić information content (AvgIpc) is 2.11. The van der Waals surface area contributed by atoms with Crippen molar-refractivity contribution in [2.24, 2.45) is 0 Å². The summed E-state index contributed by atoms with van der Waals surface area (Å²) in [6.07, 6.45) is 0. The van der Waals surface area contributed by atoms with Crippen molar-refractivity contribution in [3.05, 3.63) is 0 Å². The van der Waals surface area contributed by atoms with Gasteiger partial charge in [0.1, 0.15) is 6.54 Å². The molecule has 0 saturated carbocycles. The molecule has 1 amide bonds. The normalized spacial score (nSPS) is 11.2. The number of nitrogens with one attached hydrogen (secondary N) is 1. The van der Waals surface area contributed by atoms with Gasteiger partial charge >= 0.3 is 0 Å². The summed E-state index contributed by atoms with van der Waals surface area (Å²) in [4.78, 5) is 13.1. The van der Waals surface area contributed by atoms with Gasteiger partial charge < -0.3 is 10.4 Å². The van der Waals surface area contributed by atoms with Crippen LogP contribution in [0, 0.1) is 11.3 Å². The Labute approximate surface area is 90.7 Å². The van der Waals surface area contributed by atoms with Gasteiger partial charge in [-0.3, -0.25) is 9.69 Å². The van der Waals surface area contributed by atoms with Crippen LogP contribution >= 0.6 is 0 Å². The second-order valence-electron chi connectivity index (χ2n) is 4.05. The molecule has 0 rings (SSSR count). The van der Waals surface area contributed by atoms with Crippen molar-refractivity contribution in [2.45, 2.75) is 26.4 Å². The molecule has 0 aromatic carbocycles. The lowest BCUT2D eigenvalue weighted by atomic mass is 10.1. The lowest BCUT2D eigenvalue weighted by Gasteiger charge is -2.27. The molecule has 0 unspecified atom stereocenters. The number of hydrogen-bond acceptors (Lipinski definition) is 4. The van der Waals surface area contributed by atoms with E-state index in [-0.39, 0.29) is 19.0 Å². The summed E-state index contributed by atoms with van der Waals surface area (Å²) in [5, 5.41) is 20.3. The Balaban J connectivity index is 4.00. The van der Waals surface area contributed by atoms with Crippen molar-refractivity contribution < 1.29 is 9.90 Å². The minimum absolute atomic E-state index is 0.0267. The maximum absolute atomic E-state index is 11.3. The lowest BCUT2D eigenvalue weighted by molar-refractivity contribution is -0.122. The summed E-state index contributed by atoms with van der Waals surface area (Å²) in [6.45, 7) is 6.67. The standard InChI is InChI=1S/C10H19N3O2/c1-4-13(8-10(2,3)15)7-9(14)12-6-5-11/h15H,4,6-8H2,1-3H3,(H,12,14). The molecular weight excluding hydrogens is 194 g/mol. The topological polar surface area (TPSA) is 76.4 Å². The van der Waals surface area contributed by atoms with E-state index >= 15 is 0 Å². The summed E-state index contributed by atoms with van der Waals surface area (Å²) >= 11 is 0. The van der Waals surface area contributed by atoms with Crippen molar-refractivity contribution in [2.75, 3.05) is 26.2 Å². The first-order valence-corrected chi connectivity index (χ1v) is 4.97. The second kappa shape index (κ2) is 6.38. The minimum atomic E-state index is -0.814. The molecule has 0 aliphatic carbocycles. The van der Waals surface area contributed by atoms with Crippen molar-refractivity contribution in [3.63, 3.8) is 0 Å². The maximum atomic E-state index is 11.3.